The molecule has 1 heterocycles. The van der Waals surface area contributed by atoms with Crippen LogP contribution in [0.25, 0.3) is 0 Å². The van der Waals surface area contributed by atoms with E-state index in [-0.39, 0.29) is 0 Å². The van der Waals surface area contributed by atoms with Crippen molar-refractivity contribution in [2.24, 2.45) is 0 Å². The molecule has 0 fully saturated rings. The van der Waals surface area contributed by atoms with Gasteiger partial charge in [0.15, 0.2) is 5.54 Å². The summed E-state index contributed by atoms with van der Waals surface area (Å²) in [5.41, 5.74) is 1.43. The van der Waals surface area contributed by atoms with Crippen molar-refractivity contribution in [1.29, 1.82) is 0 Å². The predicted molar refractivity (Wildman–Crippen MR) is 59.3 cm³/mol. The molecule has 0 aromatic rings. The first-order valence-corrected chi connectivity index (χ1v) is 4.73. The highest BCUT2D eigenvalue weighted by molar-refractivity contribution is 6.02. The fourth-order valence-electron chi connectivity index (χ4n) is 1.28. The largest absolute Gasteiger partial charge is 0.623 e. The second kappa shape index (κ2) is 3.48. The zero-order valence-corrected chi connectivity index (χ0v) is 9.53. The molecule has 0 aromatic carbocycles. The molecule has 0 aliphatic carbocycles. The van der Waals surface area contributed by atoms with E-state index in [1.54, 1.807) is 0 Å². The molecule has 0 unspecified atom stereocenters. The van der Waals surface area contributed by atoms with Crippen LogP contribution in [-0.4, -0.2) is 35.0 Å². The van der Waals surface area contributed by atoms with Gasteiger partial charge < -0.3 is 10.1 Å². The summed E-state index contributed by atoms with van der Waals surface area (Å²) in [5, 5.41) is 11.8. The van der Waals surface area contributed by atoms with E-state index >= 15 is 0 Å². The van der Waals surface area contributed by atoms with Crippen molar-refractivity contribution in [2.45, 2.75) is 26.3 Å². The van der Waals surface area contributed by atoms with Crippen LogP contribution >= 0.6 is 0 Å². The number of allylic oxidation sites excluding steroid dienone is 2. The average molecular weight is 194 g/mol. The van der Waals surface area contributed by atoms with Gasteiger partial charge in [-0.25, -0.2) is 0 Å². The molecule has 0 saturated heterocycles. The van der Waals surface area contributed by atoms with E-state index in [9.17, 15) is 5.21 Å². The molecule has 0 spiro atoms. The Labute approximate surface area is 85.6 Å². The molecule has 3 heteroatoms. The Hall–Kier alpha value is -1.25. The smallest absolute Gasteiger partial charge is 0.213 e. The first-order chi connectivity index (χ1) is 6.35. The van der Waals surface area contributed by atoms with Gasteiger partial charge in [0.1, 0.15) is 0 Å². The van der Waals surface area contributed by atoms with E-state index < -0.39 is 5.54 Å². The van der Waals surface area contributed by atoms with Crippen molar-refractivity contribution in [2.75, 3.05) is 14.1 Å². The lowest BCUT2D eigenvalue weighted by Gasteiger charge is -2.20. The summed E-state index contributed by atoms with van der Waals surface area (Å²) in [5.74, 6) is 0. The molecule has 0 bridgehead atoms. The minimum atomic E-state index is -0.397. The van der Waals surface area contributed by atoms with Crippen molar-refractivity contribution in [3.05, 3.63) is 29.1 Å². The topological polar surface area (TPSA) is 29.3 Å². The van der Waals surface area contributed by atoms with Gasteiger partial charge >= 0.3 is 0 Å². The highest BCUT2D eigenvalue weighted by Gasteiger charge is 2.35. The van der Waals surface area contributed by atoms with Gasteiger partial charge in [0.25, 0.3) is 0 Å². The zero-order chi connectivity index (χ0) is 10.9. The van der Waals surface area contributed by atoms with Crippen molar-refractivity contribution in [3.8, 4) is 0 Å². The van der Waals surface area contributed by atoms with Crippen LogP contribution in [0.1, 0.15) is 20.8 Å². The van der Waals surface area contributed by atoms with E-state index in [1.807, 2.05) is 58.1 Å². The van der Waals surface area contributed by atoms with Crippen molar-refractivity contribution in [3.63, 3.8) is 0 Å². The van der Waals surface area contributed by atoms with Gasteiger partial charge in [-0.15, -0.1) is 0 Å². The van der Waals surface area contributed by atoms with Gasteiger partial charge in [-0.3, -0.25) is 0 Å². The summed E-state index contributed by atoms with van der Waals surface area (Å²) in [6.07, 6.45) is 5.66. The molecular formula is C11H18N2O. The van der Waals surface area contributed by atoms with E-state index in [0.29, 0.717) is 0 Å². The molecule has 1 aliphatic heterocycles. The van der Waals surface area contributed by atoms with Crippen LogP contribution in [0, 0.1) is 5.21 Å². The highest BCUT2D eigenvalue weighted by atomic mass is 16.5. The Morgan fingerprint density at radius 2 is 2.00 bits per heavy atom. The van der Waals surface area contributed by atoms with Crippen LogP contribution in [0.3, 0.4) is 0 Å². The molecule has 14 heavy (non-hydrogen) atoms. The quantitative estimate of drug-likeness (QED) is 0.495. The summed E-state index contributed by atoms with van der Waals surface area (Å²) in [6, 6.07) is 0. The highest BCUT2D eigenvalue weighted by Crippen LogP contribution is 2.25. The third-order valence-electron chi connectivity index (χ3n) is 2.62. The second-order valence-corrected chi connectivity index (χ2v) is 4.38. The van der Waals surface area contributed by atoms with Crippen LogP contribution in [0.2, 0.25) is 0 Å². The number of hydroxylamine groups is 1. The number of rotatable bonds is 2. The lowest BCUT2D eigenvalue weighted by Crippen LogP contribution is -2.31. The summed E-state index contributed by atoms with van der Waals surface area (Å²) < 4.78 is 1.06. The molecule has 0 atom stereocenters. The average Bonchev–Trinajstić information content (AvgIpc) is 2.26. The first kappa shape index (κ1) is 10.8. The molecule has 0 amide bonds. The Bertz CT molecular complexity index is 322. The van der Waals surface area contributed by atoms with Crippen molar-refractivity contribution >= 4 is 5.71 Å². The zero-order valence-electron chi connectivity index (χ0n) is 9.53. The fourth-order valence-corrected chi connectivity index (χ4v) is 1.28. The van der Waals surface area contributed by atoms with Gasteiger partial charge in [0, 0.05) is 51.9 Å². The van der Waals surface area contributed by atoms with Gasteiger partial charge in [-0.2, -0.15) is 4.74 Å². The Morgan fingerprint density at radius 1 is 1.43 bits per heavy atom. The first-order valence-electron chi connectivity index (χ1n) is 4.73. The maximum absolute atomic E-state index is 11.8. The number of nitrogens with zero attached hydrogens (tertiary/aromatic N) is 2. The molecule has 1 aliphatic rings. The normalized spacial score (nSPS) is 20.5. The van der Waals surface area contributed by atoms with Crippen LogP contribution in [-0.2, 0) is 0 Å². The van der Waals surface area contributed by atoms with Crippen LogP contribution < -0.4 is 0 Å². The molecule has 0 saturated carbocycles. The lowest BCUT2D eigenvalue weighted by molar-refractivity contribution is -0.522. The van der Waals surface area contributed by atoms with Gasteiger partial charge in [-0.1, -0.05) is 0 Å². The third kappa shape index (κ3) is 1.81. The van der Waals surface area contributed by atoms with E-state index in [2.05, 4.69) is 0 Å². The summed E-state index contributed by atoms with van der Waals surface area (Å²) >= 11 is 0. The van der Waals surface area contributed by atoms with Gasteiger partial charge in [0.05, 0.1) is 0 Å². The SMILES string of the molecule is CC1=CC(/C=C/N(C)C)=[N+]([O-])C1(C)C. The standard InChI is InChI=1S/C11H18N2O/c1-9-8-10(6-7-12(4)5)13(14)11(9,2)3/h6-8H,1-5H3/b7-6+. The molecular weight excluding hydrogens is 176 g/mol. The monoisotopic (exact) mass is 194 g/mol. The lowest BCUT2D eigenvalue weighted by atomic mass is 9.98. The minimum Gasteiger partial charge on any atom is -0.623 e. The molecule has 0 N–H and O–H groups in total. The summed E-state index contributed by atoms with van der Waals surface area (Å²) in [7, 11) is 3.87. The maximum atomic E-state index is 11.8. The molecule has 0 radical (unpaired) electrons. The Kier molecular flexibility index (Phi) is 2.69. The second-order valence-electron chi connectivity index (χ2n) is 4.38. The Morgan fingerprint density at radius 3 is 2.36 bits per heavy atom. The van der Waals surface area contributed by atoms with Crippen molar-refractivity contribution in [1.82, 2.24) is 4.90 Å². The third-order valence-corrected chi connectivity index (χ3v) is 2.62. The molecule has 3 nitrogen and oxygen atoms in total. The molecule has 1 rings (SSSR count). The number of hydrogen-bond donors (Lipinski definition) is 0. The molecule has 0 aromatic heterocycles. The summed E-state index contributed by atoms with van der Waals surface area (Å²) in [4.78, 5) is 1.91. The van der Waals surface area contributed by atoms with Gasteiger partial charge in [0.2, 0.25) is 5.71 Å². The number of hydrogen-bond acceptors (Lipinski definition) is 2. The maximum Gasteiger partial charge on any atom is 0.213 e. The summed E-state index contributed by atoms with van der Waals surface area (Å²) in [6.45, 7) is 5.85. The minimum absolute atomic E-state index is 0.397. The van der Waals surface area contributed by atoms with E-state index in [0.717, 1.165) is 16.0 Å². The predicted octanol–water partition coefficient (Wildman–Crippen LogP) is 1.75. The Balaban J connectivity index is 2.96. The van der Waals surface area contributed by atoms with E-state index in [1.165, 1.54) is 0 Å². The van der Waals surface area contributed by atoms with Crippen LogP contribution in [0.15, 0.2) is 23.9 Å². The van der Waals surface area contributed by atoms with E-state index in [4.69, 9.17) is 0 Å². The fraction of sp³-hybridized carbons (Fsp3) is 0.545. The molecule has 78 valence electrons. The van der Waals surface area contributed by atoms with Crippen LogP contribution in [0.5, 0.6) is 0 Å². The van der Waals surface area contributed by atoms with Crippen LogP contribution in [0.4, 0.5) is 0 Å². The van der Waals surface area contributed by atoms with Gasteiger partial charge in [-0.05, 0) is 6.92 Å². The van der Waals surface area contributed by atoms with Crippen molar-refractivity contribution < 1.29 is 4.74 Å².